The van der Waals surface area contributed by atoms with Crippen LogP contribution >= 0.6 is 0 Å². The maximum Gasteiger partial charge on any atom is 0.124 e. The third-order valence-electron chi connectivity index (χ3n) is 3.20. The standard InChI is InChI=1S/C16H26O2/c1-15(2,3)11-16(4,5)13-7-8-14(18-6)12(9-13)10-17/h7-9,17H,10-11H2,1-6H3. The Morgan fingerprint density at radius 3 is 2.17 bits per heavy atom. The lowest BCUT2D eigenvalue weighted by Gasteiger charge is -2.33. The number of methoxy groups -OCH3 is 1. The minimum atomic E-state index is 0.0165. The van der Waals surface area contributed by atoms with E-state index in [1.54, 1.807) is 7.11 Å². The van der Waals surface area contributed by atoms with E-state index in [9.17, 15) is 5.11 Å². The fraction of sp³-hybridized carbons (Fsp3) is 0.625. The molecular weight excluding hydrogens is 224 g/mol. The topological polar surface area (TPSA) is 29.5 Å². The molecule has 0 fully saturated rings. The van der Waals surface area contributed by atoms with Crippen LogP contribution in [0.2, 0.25) is 0 Å². The fourth-order valence-corrected chi connectivity index (χ4v) is 2.75. The third kappa shape index (κ3) is 3.74. The van der Waals surface area contributed by atoms with Gasteiger partial charge in [-0.2, -0.15) is 0 Å². The van der Waals surface area contributed by atoms with Crippen LogP contribution in [0.4, 0.5) is 0 Å². The summed E-state index contributed by atoms with van der Waals surface area (Å²) in [5.74, 6) is 0.757. The molecule has 0 amide bonds. The van der Waals surface area contributed by atoms with E-state index in [-0.39, 0.29) is 17.4 Å². The zero-order valence-electron chi connectivity index (χ0n) is 12.5. The lowest BCUT2D eigenvalue weighted by atomic mass is 9.72. The molecular formula is C16H26O2. The highest BCUT2D eigenvalue weighted by Crippen LogP contribution is 2.37. The van der Waals surface area contributed by atoms with Crippen molar-refractivity contribution in [3.8, 4) is 5.75 Å². The molecule has 0 aliphatic rings. The lowest BCUT2D eigenvalue weighted by Crippen LogP contribution is -2.25. The van der Waals surface area contributed by atoms with Crippen molar-refractivity contribution < 1.29 is 9.84 Å². The quantitative estimate of drug-likeness (QED) is 0.878. The van der Waals surface area contributed by atoms with Crippen LogP contribution in [-0.2, 0) is 12.0 Å². The molecule has 102 valence electrons. The fourth-order valence-electron chi connectivity index (χ4n) is 2.75. The Morgan fingerprint density at radius 2 is 1.72 bits per heavy atom. The molecule has 2 nitrogen and oxygen atoms in total. The van der Waals surface area contributed by atoms with Crippen molar-refractivity contribution >= 4 is 0 Å². The second kappa shape index (κ2) is 5.31. The van der Waals surface area contributed by atoms with Crippen molar-refractivity contribution in [3.05, 3.63) is 29.3 Å². The Labute approximate surface area is 111 Å². The predicted octanol–water partition coefficient (Wildman–Crippen LogP) is 3.90. The van der Waals surface area contributed by atoms with Gasteiger partial charge in [-0.05, 0) is 34.9 Å². The molecule has 18 heavy (non-hydrogen) atoms. The smallest absolute Gasteiger partial charge is 0.124 e. The summed E-state index contributed by atoms with van der Waals surface area (Å²) in [6, 6.07) is 6.11. The second-order valence-electron chi connectivity index (χ2n) is 6.81. The molecule has 0 atom stereocenters. The van der Waals surface area contributed by atoms with Gasteiger partial charge in [0, 0.05) is 5.56 Å². The predicted molar refractivity (Wildman–Crippen MR) is 76.0 cm³/mol. The molecule has 0 aliphatic carbocycles. The Morgan fingerprint density at radius 1 is 1.11 bits per heavy atom. The van der Waals surface area contributed by atoms with Gasteiger partial charge < -0.3 is 9.84 Å². The van der Waals surface area contributed by atoms with Crippen LogP contribution < -0.4 is 4.74 Å². The Balaban J connectivity index is 3.09. The average Bonchev–Trinajstić information content (AvgIpc) is 2.24. The highest BCUT2D eigenvalue weighted by atomic mass is 16.5. The molecule has 2 heteroatoms. The van der Waals surface area contributed by atoms with Crippen molar-refractivity contribution in [3.63, 3.8) is 0 Å². The number of hydrogen-bond acceptors (Lipinski definition) is 2. The van der Waals surface area contributed by atoms with Gasteiger partial charge in [0.2, 0.25) is 0 Å². The van der Waals surface area contributed by atoms with E-state index in [1.807, 2.05) is 6.07 Å². The molecule has 0 aliphatic heterocycles. The number of hydrogen-bond donors (Lipinski definition) is 1. The molecule has 0 spiro atoms. The van der Waals surface area contributed by atoms with Crippen molar-refractivity contribution in [2.24, 2.45) is 5.41 Å². The molecule has 0 unspecified atom stereocenters. The first-order chi connectivity index (χ1) is 8.19. The van der Waals surface area contributed by atoms with E-state index in [2.05, 4.69) is 46.8 Å². The lowest BCUT2D eigenvalue weighted by molar-refractivity contribution is 0.270. The largest absolute Gasteiger partial charge is 0.496 e. The number of benzene rings is 1. The highest BCUT2D eigenvalue weighted by Gasteiger charge is 2.27. The summed E-state index contributed by atoms with van der Waals surface area (Å²) in [7, 11) is 1.63. The minimum absolute atomic E-state index is 0.0165. The maximum atomic E-state index is 9.39. The van der Waals surface area contributed by atoms with Crippen molar-refractivity contribution in [2.75, 3.05) is 7.11 Å². The average molecular weight is 250 g/mol. The Bertz CT molecular complexity index is 400. The molecule has 1 aromatic carbocycles. The summed E-state index contributed by atoms with van der Waals surface area (Å²) in [6.07, 6.45) is 1.09. The van der Waals surface area contributed by atoms with Gasteiger partial charge in [0.05, 0.1) is 13.7 Å². The number of aliphatic hydroxyl groups is 1. The number of rotatable bonds is 4. The van der Waals surface area contributed by atoms with Crippen molar-refractivity contribution in [1.29, 1.82) is 0 Å². The third-order valence-corrected chi connectivity index (χ3v) is 3.20. The van der Waals surface area contributed by atoms with Gasteiger partial charge in [0.25, 0.3) is 0 Å². The SMILES string of the molecule is COc1ccc(C(C)(C)CC(C)(C)C)cc1CO. The minimum Gasteiger partial charge on any atom is -0.496 e. The number of ether oxygens (including phenoxy) is 1. The molecule has 0 heterocycles. The first-order valence-corrected chi connectivity index (χ1v) is 6.48. The summed E-state index contributed by atoms with van der Waals surface area (Å²) < 4.78 is 5.24. The van der Waals surface area contributed by atoms with E-state index in [0.717, 1.165) is 17.7 Å². The summed E-state index contributed by atoms with van der Waals surface area (Å²) >= 11 is 0. The van der Waals surface area contributed by atoms with Crippen LogP contribution in [0.15, 0.2) is 18.2 Å². The van der Waals surface area contributed by atoms with E-state index in [1.165, 1.54) is 5.56 Å². The molecule has 1 N–H and O–H groups in total. The van der Waals surface area contributed by atoms with Gasteiger partial charge in [0.1, 0.15) is 5.75 Å². The highest BCUT2D eigenvalue weighted by molar-refractivity contribution is 5.39. The van der Waals surface area contributed by atoms with E-state index >= 15 is 0 Å². The molecule has 0 bridgehead atoms. The van der Waals surface area contributed by atoms with Gasteiger partial charge in [-0.1, -0.05) is 40.7 Å². The van der Waals surface area contributed by atoms with Crippen LogP contribution in [0, 0.1) is 5.41 Å². The first kappa shape index (κ1) is 15.0. The zero-order chi connectivity index (χ0) is 14.0. The van der Waals surface area contributed by atoms with E-state index < -0.39 is 0 Å². The molecule has 0 saturated carbocycles. The van der Waals surface area contributed by atoms with Gasteiger partial charge in [0.15, 0.2) is 0 Å². The number of aliphatic hydroxyl groups excluding tert-OH is 1. The Hall–Kier alpha value is -1.02. The van der Waals surface area contributed by atoms with Crippen molar-refractivity contribution in [1.82, 2.24) is 0 Å². The second-order valence-corrected chi connectivity index (χ2v) is 6.81. The zero-order valence-corrected chi connectivity index (χ0v) is 12.5. The van der Waals surface area contributed by atoms with Gasteiger partial charge in [-0.25, -0.2) is 0 Å². The van der Waals surface area contributed by atoms with Gasteiger partial charge in [-0.15, -0.1) is 0 Å². The molecule has 0 saturated heterocycles. The molecule has 1 aromatic rings. The normalized spacial score (nSPS) is 12.6. The Kier molecular flexibility index (Phi) is 4.44. The van der Waals surface area contributed by atoms with E-state index in [0.29, 0.717) is 0 Å². The van der Waals surface area contributed by atoms with Crippen molar-refractivity contribution in [2.45, 2.75) is 53.1 Å². The van der Waals surface area contributed by atoms with Crippen LogP contribution in [0.25, 0.3) is 0 Å². The summed E-state index contributed by atoms with van der Waals surface area (Å²) in [4.78, 5) is 0. The molecule has 1 rings (SSSR count). The monoisotopic (exact) mass is 250 g/mol. The van der Waals surface area contributed by atoms with Crippen LogP contribution in [0.5, 0.6) is 5.75 Å². The summed E-state index contributed by atoms with van der Waals surface area (Å²) in [5, 5.41) is 9.39. The van der Waals surface area contributed by atoms with Crippen LogP contribution in [0.1, 0.15) is 52.2 Å². The summed E-state index contributed by atoms with van der Waals surface area (Å²) in [6.45, 7) is 11.3. The molecule has 0 radical (unpaired) electrons. The van der Waals surface area contributed by atoms with Crippen LogP contribution in [-0.4, -0.2) is 12.2 Å². The molecule has 0 aromatic heterocycles. The van der Waals surface area contributed by atoms with E-state index in [4.69, 9.17) is 4.74 Å². The van der Waals surface area contributed by atoms with Gasteiger partial charge in [-0.3, -0.25) is 0 Å². The maximum absolute atomic E-state index is 9.39. The van der Waals surface area contributed by atoms with Crippen LogP contribution in [0.3, 0.4) is 0 Å². The van der Waals surface area contributed by atoms with Gasteiger partial charge >= 0.3 is 0 Å². The first-order valence-electron chi connectivity index (χ1n) is 6.48. The summed E-state index contributed by atoms with van der Waals surface area (Å²) in [5.41, 5.74) is 2.48.